The Kier molecular flexibility index (Phi) is 5.63. The van der Waals surface area contributed by atoms with Crippen LogP contribution in [0, 0.1) is 0 Å². The number of hydrogen-bond acceptors (Lipinski definition) is 5. The molecule has 1 atom stereocenters. The highest BCUT2D eigenvalue weighted by Gasteiger charge is 2.02. The normalized spacial score (nSPS) is 12.2. The maximum Gasteiger partial charge on any atom is 0.119 e. The SMILES string of the molecule is NCC(O)COc1ccc(OCCO)cc1. The van der Waals surface area contributed by atoms with E-state index < -0.39 is 6.10 Å². The third-order valence-corrected chi connectivity index (χ3v) is 1.90. The van der Waals surface area contributed by atoms with Crippen LogP contribution in [0.25, 0.3) is 0 Å². The summed E-state index contributed by atoms with van der Waals surface area (Å²) in [5, 5.41) is 17.8. The van der Waals surface area contributed by atoms with Crippen LogP contribution >= 0.6 is 0 Å². The minimum atomic E-state index is -0.648. The number of rotatable bonds is 7. The van der Waals surface area contributed by atoms with Crippen LogP contribution in [0.3, 0.4) is 0 Å². The highest BCUT2D eigenvalue weighted by Crippen LogP contribution is 2.17. The van der Waals surface area contributed by atoms with Crippen molar-refractivity contribution in [1.29, 1.82) is 0 Å². The predicted molar refractivity (Wildman–Crippen MR) is 59.6 cm³/mol. The van der Waals surface area contributed by atoms with Crippen LogP contribution in [-0.4, -0.2) is 42.7 Å². The summed E-state index contributed by atoms with van der Waals surface area (Å²) in [4.78, 5) is 0. The average Bonchev–Trinajstić information content (AvgIpc) is 2.34. The lowest BCUT2D eigenvalue weighted by atomic mass is 10.3. The molecule has 5 heteroatoms. The van der Waals surface area contributed by atoms with Gasteiger partial charge >= 0.3 is 0 Å². The molecule has 0 bridgehead atoms. The summed E-state index contributed by atoms with van der Waals surface area (Å²) in [5.41, 5.74) is 5.24. The lowest BCUT2D eigenvalue weighted by Crippen LogP contribution is -2.26. The molecular formula is C11H17NO4. The molecule has 0 aromatic heterocycles. The maximum absolute atomic E-state index is 9.19. The van der Waals surface area contributed by atoms with Gasteiger partial charge < -0.3 is 25.4 Å². The van der Waals surface area contributed by atoms with Gasteiger partial charge in [0.05, 0.1) is 6.61 Å². The lowest BCUT2D eigenvalue weighted by molar-refractivity contribution is 0.114. The Bertz CT molecular complexity index is 289. The van der Waals surface area contributed by atoms with Crippen molar-refractivity contribution in [3.63, 3.8) is 0 Å². The third kappa shape index (κ3) is 4.48. The first-order valence-corrected chi connectivity index (χ1v) is 5.11. The monoisotopic (exact) mass is 227 g/mol. The Morgan fingerprint density at radius 2 is 1.69 bits per heavy atom. The van der Waals surface area contributed by atoms with Gasteiger partial charge in [-0.3, -0.25) is 0 Å². The summed E-state index contributed by atoms with van der Waals surface area (Å²) >= 11 is 0. The molecule has 0 amide bonds. The molecule has 1 aromatic carbocycles. The second-order valence-corrected chi connectivity index (χ2v) is 3.24. The summed E-state index contributed by atoms with van der Waals surface area (Å²) < 4.78 is 10.5. The van der Waals surface area contributed by atoms with Gasteiger partial charge in [0.1, 0.15) is 30.8 Å². The Morgan fingerprint density at radius 1 is 1.12 bits per heavy atom. The van der Waals surface area contributed by atoms with Gasteiger partial charge in [0, 0.05) is 6.54 Å². The number of hydrogen-bond donors (Lipinski definition) is 3. The van der Waals surface area contributed by atoms with Gasteiger partial charge in [-0.1, -0.05) is 0 Å². The zero-order valence-electron chi connectivity index (χ0n) is 9.00. The largest absolute Gasteiger partial charge is 0.491 e. The van der Waals surface area contributed by atoms with E-state index >= 15 is 0 Å². The molecule has 1 rings (SSSR count). The van der Waals surface area contributed by atoms with Crippen molar-refractivity contribution < 1.29 is 19.7 Å². The van der Waals surface area contributed by atoms with Crippen molar-refractivity contribution in [2.45, 2.75) is 6.10 Å². The van der Waals surface area contributed by atoms with Gasteiger partial charge in [0.15, 0.2) is 0 Å². The quantitative estimate of drug-likeness (QED) is 0.598. The summed E-state index contributed by atoms with van der Waals surface area (Å²) in [6, 6.07) is 6.94. The van der Waals surface area contributed by atoms with Gasteiger partial charge in [0.2, 0.25) is 0 Å². The Labute approximate surface area is 94.4 Å². The summed E-state index contributed by atoms with van der Waals surface area (Å²) in [6.45, 7) is 0.609. The van der Waals surface area contributed by atoms with Crippen LogP contribution in [0.2, 0.25) is 0 Å². The molecule has 16 heavy (non-hydrogen) atoms. The average molecular weight is 227 g/mol. The fraction of sp³-hybridized carbons (Fsp3) is 0.455. The topological polar surface area (TPSA) is 84.9 Å². The van der Waals surface area contributed by atoms with Crippen molar-refractivity contribution in [2.24, 2.45) is 5.73 Å². The molecule has 1 aromatic rings. The van der Waals surface area contributed by atoms with Crippen LogP contribution in [-0.2, 0) is 0 Å². The molecule has 0 aliphatic rings. The fourth-order valence-corrected chi connectivity index (χ4v) is 1.06. The van der Waals surface area contributed by atoms with E-state index in [-0.39, 0.29) is 26.4 Å². The number of ether oxygens (including phenoxy) is 2. The van der Waals surface area contributed by atoms with E-state index in [1.54, 1.807) is 24.3 Å². The highest BCUT2D eigenvalue weighted by atomic mass is 16.5. The van der Waals surface area contributed by atoms with Gasteiger partial charge in [-0.2, -0.15) is 0 Å². The molecule has 0 saturated heterocycles. The highest BCUT2D eigenvalue weighted by molar-refractivity contribution is 5.31. The first-order chi connectivity index (χ1) is 7.76. The predicted octanol–water partition coefficient (Wildman–Crippen LogP) is -0.244. The van der Waals surface area contributed by atoms with E-state index in [4.69, 9.17) is 20.3 Å². The summed E-state index contributed by atoms with van der Waals surface area (Å²) in [7, 11) is 0. The van der Waals surface area contributed by atoms with Gasteiger partial charge in [-0.05, 0) is 24.3 Å². The number of benzene rings is 1. The molecule has 0 saturated carbocycles. The van der Waals surface area contributed by atoms with Gasteiger partial charge in [0.25, 0.3) is 0 Å². The Balaban J connectivity index is 2.38. The second-order valence-electron chi connectivity index (χ2n) is 3.24. The standard InChI is InChI=1S/C11H17NO4/c12-7-9(14)8-16-11-3-1-10(2-4-11)15-6-5-13/h1-4,9,13-14H,5-8,12H2. The van der Waals surface area contributed by atoms with Crippen LogP contribution in [0.1, 0.15) is 0 Å². The van der Waals surface area contributed by atoms with Crippen molar-refractivity contribution in [3.8, 4) is 11.5 Å². The minimum absolute atomic E-state index is 0.0130. The van der Waals surface area contributed by atoms with Crippen molar-refractivity contribution >= 4 is 0 Å². The van der Waals surface area contributed by atoms with E-state index in [9.17, 15) is 5.11 Å². The zero-order chi connectivity index (χ0) is 11.8. The first kappa shape index (κ1) is 12.8. The van der Waals surface area contributed by atoms with Crippen LogP contribution in [0.4, 0.5) is 0 Å². The molecule has 0 aliphatic heterocycles. The molecule has 0 fully saturated rings. The Hall–Kier alpha value is -1.30. The second kappa shape index (κ2) is 7.05. The van der Waals surface area contributed by atoms with E-state index in [1.165, 1.54) is 0 Å². The summed E-state index contributed by atoms with van der Waals surface area (Å²) in [5.74, 6) is 1.31. The molecule has 1 unspecified atom stereocenters. The molecule has 0 spiro atoms. The van der Waals surface area contributed by atoms with Crippen molar-refractivity contribution in [1.82, 2.24) is 0 Å². The fourth-order valence-electron chi connectivity index (χ4n) is 1.06. The molecule has 4 N–H and O–H groups in total. The number of nitrogens with two attached hydrogens (primary N) is 1. The molecular weight excluding hydrogens is 210 g/mol. The smallest absolute Gasteiger partial charge is 0.119 e. The van der Waals surface area contributed by atoms with E-state index in [0.717, 1.165) is 0 Å². The van der Waals surface area contributed by atoms with E-state index in [2.05, 4.69) is 0 Å². The molecule has 0 heterocycles. The Morgan fingerprint density at radius 3 is 2.19 bits per heavy atom. The summed E-state index contributed by atoms with van der Waals surface area (Å²) in [6.07, 6.45) is -0.648. The zero-order valence-corrected chi connectivity index (χ0v) is 9.00. The molecule has 90 valence electrons. The van der Waals surface area contributed by atoms with E-state index in [0.29, 0.717) is 11.5 Å². The maximum atomic E-state index is 9.19. The molecule has 0 radical (unpaired) electrons. The molecule has 0 aliphatic carbocycles. The first-order valence-electron chi connectivity index (χ1n) is 5.11. The van der Waals surface area contributed by atoms with Crippen molar-refractivity contribution in [3.05, 3.63) is 24.3 Å². The van der Waals surface area contributed by atoms with Crippen molar-refractivity contribution in [2.75, 3.05) is 26.4 Å². The van der Waals surface area contributed by atoms with Gasteiger partial charge in [-0.15, -0.1) is 0 Å². The number of aliphatic hydroxyl groups excluding tert-OH is 2. The van der Waals surface area contributed by atoms with Crippen LogP contribution in [0.15, 0.2) is 24.3 Å². The molecule has 5 nitrogen and oxygen atoms in total. The van der Waals surface area contributed by atoms with E-state index in [1.807, 2.05) is 0 Å². The van der Waals surface area contributed by atoms with Crippen LogP contribution in [0.5, 0.6) is 11.5 Å². The third-order valence-electron chi connectivity index (χ3n) is 1.90. The number of aliphatic hydroxyl groups is 2. The minimum Gasteiger partial charge on any atom is -0.491 e. The van der Waals surface area contributed by atoms with Gasteiger partial charge in [-0.25, -0.2) is 0 Å². The lowest BCUT2D eigenvalue weighted by Gasteiger charge is -2.10. The van der Waals surface area contributed by atoms with Crippen LogP contribution < -0.4 is 15.2 Å².